The molecule has 0 heterocycles. The summed E-state index contributed by atoms with van der Waals surface area (Å²) in [7, 11) is 0. The van der Waals surface area contributed by atoms with Gasteiger partial charge in [0.1, 0.15) is 0 Å². The van der Waals surface area contributed by atoms with E-state index in [9.17, 15) is 0 Å². The molecule has 7 atom stereocenters. The van der Waals surface area contributed by atoms with Crippen LogP contribution in [-0.2, 0) is 0 Å². The molecule has 0 saturated heterocycles. The van der Waals surface area contributed by atoms with Gasteiger partial charge in [-0.3, -0.25) is 0 Å². The molecule has 0 aliphatic heterocycles. The molecule has 0 aromatic rings. The van der Waals surface area contributed by atoms with Crippen LogP contribution in [0.15, 0.2) is 0 Å². The fraction of sp³-hybridized carbons (Fsp3) is 1.00. The Morgan fingerprint density at radius 3 is 2.45 bits per heavy atom. The number of nitrogens with two attached hydrogens (primary N) is 1. The van der Waals surface area contributed by atoms with Crippen LogP contribution in [-0.4, -0.2) is 5.54 Å². The van der Waals surface area contributed by atoms with Crippen LogP contribution < -0.4 is 5.73 Å². The van der Waals surface area contributed by atoms with Crippen LogP contribution in [0.3, 0.4) is 0 Å². The van der Waals surface area contributed by atoms with Crippen molar-refractivity contribution in [3.8, 4) is 0 Å². The zero-order chi connectivity index (χ0) is 15.6. The Morgan fingerprint density at radius 1 is 0.864 bits per heavy atom. The number of hydrogen-bond acceptors (Lipinski definition) is 1. The SMILES string of the molecule is CC[C@H]1CC[C@]2(N)[C@@H]3CC[C@@H]4CCCC[C@]4(C)[C@H]3CC[C@]12C. The molecule has 0 aromatic carbocycles. The third-order valence-electron chi connectivity index (χ3n) is 9.61. The van der Waals surface area contributed by atoms with Crippen LogP contribution in [0.5, 0.6) is 0 Å². The van der Waals surface area contributed by atoms with E-state index < -0.39 is 0 Å². The Balaban J connectivity index is 1.69. The Morgan fingerprint density at radius 2 is 1.68 bits per heavy atom. The largest absolute Gasteiger partial charge is 0.324 e. The molecular formula is C21H37N. The molecule has 4 saturated carbocycles. The Kier molecular flexibility index (Phi) is 3.50. The standard InChI is InChI=1S/C21H37N/c1-4-15-10-14-21(22)18-9-8-16-7-5-6-12-19(16,2)17(18)11-13-20(15,21)3/h15-18H,4-14,22H2,1-3H3/t15-,16-,17-,18+,19-,20+,21-/m0/s1. The fourth-order valence-electron chi connectivity index (χ4n) is 8.13. The van der Waals surface area contributed by atoms with Gasteiger partial charge in [-0.15, -0.1) is 0 Å². The van der Waals surface area contributed by atoms with Gasteiger partial charge in [0.15, 0.2) is 0 Å². The molecule has 1 nitrogen and oxygen atoms in total. The molecule has 1 heteroatoms. The summed E-state index contributed by atoms with van der Waals surface area (Å²) in [6.45, 7) is 7.62. The van der Waals surface area contributed by atoms with E-state index >= 15 is 0 Å². The van der Waals surface area contributed by atoms with E-state index in [1.807, 2.05) is 0 Å². The highest BCUT2D eigenvalue weighted by atomic mass is 14.9. The zero-order valence-corrected chi connectivity index (χ0v) is 15.2. The minimum Gasteiger partial charge on any atom is -0.324 e. The highest BCUT2D eigenvalue weighted by Crippen LogP contribution is 2.68. The van der Waals surface area contributed by atoms with E-state index in [2.05, 4.69) is 20.8 Å². The highest BCUT2D eigenvalue weighted by molar-refractivity contribution is 5.18. The first-order valence-corrected chi connectivity index (χ1v) is 10.2. The third-order valence-corrected chi connectivity index (χ3v) is 9.61. The molecule has 0 radical (unpaired) electrons. The second-order valence-corrected chi connectivity index (χ2v) is 9.88. The molecule has 0 bridgehead atoms. The van der Waals surface area contributed by atoms with Gasteiger partial charge in [0.05, 0.1) is 0 Å². The first kappa shape index (κ1) is 15.5. The Labute approximate surface area is 137 Å². The van der Waals surface area contributed by atoms with Crippen molar-refractivity contribution in [2.75, 3.05) is 0 Å². The van der Waals surface area contributed by atoms with E-state index in [1.165, 1.54) is 70.6 Å². The minimum atomic E-state index is 0.155. The number of rotatable bonds is 1. The quantitative estimate of drug-likeness (QED) is 0.677. The normalized spacial score (nSPS) is 57.8. The van der Waals surface area contributed by atoms with Gasteiger partial charge in [0.2, 0.25) is 0 Å². The number of hydrogen-bond donors (Lipinski definition) is 1. The minimum absolute atomic E-state index is 0.155. The maximum Gasteiger partial charge on any atom is 0.0242 e. The van der Waals surface area contributed by atoms with Gasteiger partial charge in [-0.25, -0.2) is 0 Å². The fourth-order valence-corrected chi connectivity index (χ4v) is 8.13. The average molecular weight is 304 g/mol. The summed E-state index contributed by atoms with van der Waals surface area (Å²) in [5, 5.41) is 0. The number of fused-ring (bicyclic) bond motifs is 5. The summed E-state index contributed by atoms with van der Waals surface area (Å²) in [4.78, 5) is 0. The van der Waals surface area contributed by atoms with Gasteiger partial charge in [-0.05, 0) is 85.9 Å². The van der Waals surface area contributed by atoms with E-state index in [0.717, 1.165) is 23.7 Å². The lowest BCUT2D eigenvalue weighted by molar-refractivity contribution is -0.122. The molecule has 4 aliphatic carbocycles. The maximum atomic E-state index is 7.30. The molecule has 2 N–H and O–H groups in total. The predicted molar refractivity (Wildman–Crippen MR) is 93.6 cm³/mol. The van der Waals surface area contributed by atoms with Gasteiger partial charge in [-0.1, -0.05) is 40.0 Å². The van der Waals surface area contributed by atoms with Crippen molar-refractivity contribution in [1.82, 2.24) is 0 Å². The monoisotopic (exact) mass is 303 g/mol. The van der Waals surface area contributed by atoms with Gasteiger partial charge in [-0.2, -0.15) is 0 Å². The maximum absolute atomic E-state index is 7.30. The van der Waals surface area contributed by atoms with Crippen molar-refractivity contribution in [1.29, 1.82) is 0 Å². The van der Waals surface area contributed by atoms with E-state index in [1.54, 1.807) is 0 Å². The smallest absolute Gasteiger partial charge is 0.0242 e. The molecular weight excluding hydrogens is 266 g/mol. The van der Waals surface area contributed by atoms with Crippen molar-refractivity contribution in [2.45, 2.75) is 96.9 Å². The zero-order valence-electron chi connectivity index (χ0n) is 15.2. The summed E-state index contributed by atoms with van der Waals surface area (Å²) in [6, 6.07) is 0. The van der Waals surface area contributed by atoms with Crippen molar-refractivity contribution in [2.24, 2.45) is 40.2 Å². The summed E-state index contributed by atoms with van der Waals surface area (Å²) in [5.74, 6) is 3.65. The molecule has 22 heavy (non-hydrogen) atoms. The van der Waals surface area contributed by atoms with Crippen LogP contribution in [0.1, 0.15) is 91.4 Å². The average Bonchev–Trinajstić information content (AvgIpc) is 2.78. The second-order valence-electron chi connectivity index (χ2n) is 9.88. The topological polar surface area (TPSA) is 26.0 Å². The molecule has 4 rings (SSSR count). The van der Waals surface area contributed by atoms with E-state index in [4.69, 9.17) is 5.73 Å². The Bertz CT molecular complexity index is 445. The molecule has 0 aromatic heterocycles. The summed E-state index contributed by atoms with van der Waals surface area (Å²) in [6.07, 6.45) is 15.8. The van der Waals surface area contributed by atoms with Gasteiger partial charge in [0.25, 0.3) is 0 Å². The molecule has 4 fully saturated rings. The van der Waals surface area contributed by atoms with Crippen molar-refractivity contribution >= 4 is 0 Å². The first-order chi connectivity index (χ1) is 10.5. The van der Waals surface area contributed by atoms with Gasteiger partial charge < -0.3 is 5.73 Å². The molecule has 0 spiro atoms. The summed E-state index contributed by atoms with van der Waals surface area (Å²) in [5.41, 5.74) is 8.51. The van der Waals surface area contributed by atoms with Gasteiger partial charge in [0, 0.05) is 5.54 Å². The van der Waals surface area contributed by atoms with Crippen LogP contribution in [0.25, 0.3) is 0 Å². The van der Waals surface area contributed by atoms with E-state index in [-0.39, 0.29) is 5.54 Å². The molecule has 4 aliphatic rings. The second kappa shape index (κ2) is 4.98. The molecule has 0 amide bonds. The van der Waals surface area contributed by atoms with Crippen molar-refractivity contribution < 1.29 is 0 Å². The molecule has 126 valence electrons. The highest BCUT2D eigenvalue weighted by Gasteiger charge is 2.65. The van der Waals surface area contributed by atoms with Crippen LogP contribution >= 0.6 is 0 Å². The van der Waals surface area contributed by atoms with Gasteiger partial charge >= 0.3 is 0 Å². The van der Waals surface area contributed by atoms with Crippen molar-refractivity contribution in [3.05, 3.63) is 0 Å². The van der Waals surface area contributed by atoms with E-state index in [0.29, 0.717) is 10.8 Å². The lowest BCUT2D eigenvalue weighted by atomic mass is 9.43. The first-order valence-electron chi connectivity index (χ1n) is 10.2. The lowest BCUT2D eigenvalue weighted by Crippen LogP contribution is -2.66. The summed E-state index contributed by atoms with van der Waals surface area (Å²) < 4.78 is 0. The predicted octanol–water partition coefficient (Wildman–Crippen LogP) is 5.53. The van der Waals surface area contributed by atoms with Crippen LogP contribution in [0, 0.1) is 34.5 Å². The molecule has 0 unspecified atom stereocenters. The Hall–Kier alpha value is -0.0400. The van der Waals surface area contributed by atoms with Crippen LogP contribution in [0.2, 0.25) is 0 Å². The lowest BCUT2D eigenvalue weighted by Gasteiger charge is -2.64. The van der Waals surface area contributed by atoms with Crippen LogP contribution in [0.4, 0.5) is 0 Å². The third kappa shape index (κ3) is 1.75. The summed E-state index contributed by atoms with van der Waals surface area (Å²) >= 11 is 0. The van der Waals surface area contributed by atoms with Crippen molar-refractivity contribution in [3.63, 3.8) is 0 Å².